The van der Waals surface area contributed by atoms with Gasteiger partial charge in [0.1, 0.15) is 5.82 Å². The van der Waals surface area contributed by atoms with Crippen LogP contribution in [0.25, 0.3) is 0 Å². The molecule has 0 aliphatic carbocycles. The molecule has 3 nitrogen and oxygen atoms in total. The summed E-state index contributed by atoms with van der Waals surface area (Å²) in [6.45, 7) is 8.00. The van der Waals surface area contributed by atoms with E-state index in [-0.39, 0.29) is 0 Å². The lowest BCUT2D eigenvalue weighted by molar-refractivity contribution is 0.205. The number of likely N-dealkylation sites (tertiary alicyclic amines) is 1. The Labute approximate surface area is 111 Å². The average Bonchev–Trinajstić information content (AvgIpc) is 2.77. The Bertz CT molecular complexity index is 412. The molecule has 0 aromatic carbocycles. The quantitative estimate of drug-likeness (QED) is 0.818. The van der Waals surface area contributed by atoms with Crippen LogP contribution in [0.2, 0.25) is 0 Å². The smallest absolute Gasteiger partial charge is 0.128 e. The number of nitrogens with zero attached hydrogens (tertiary/aromatic N) is 3. The van der Waals surface area contributed by atoms with Crippen LogP contribution in [0.4, 0.5) is 5.82 Å². The molecule has 0 N–H and O–H groups in total. The Hall–Kier alpha value is -1.09. The van der Waals surface area contributed by atoms with E-state index in [0.29, 0.717) is 12.1 Å². The van der Waals surface area contributed by atoms with Gasteiger partial charge in [0.15, 0.2) is 0 Å². The van der Waals surface area contributed by atoms with Crippen molar-refractivity contribution in [1.29, 1.82) is 0 Å². The average molecular weight is 247 g/mol. The third-order valence-corrected chi connectivity index (χ3v) is 3.91. The highest BCUT2D eigenvalue weighted by Crippen LogP contribution is 2.35. The van der Waals surface area contributed by atoms with Gasteiger partial charge in [0.2, 0.25) is 0 Å². The maximum absolute atomic E-state index is 4.58. The number of aryl methyl sites for hydroxylation is 1. The number of hydrogen-bond acceptors (Lipinski definition) is 3. The highest BCUT2D eigenvalue weighted by atomic mass is 15.2. The van der Waals surface area contributed by atoms with Crippen molar-refractivity contribution in [2.45, 2.75) is 45.7 Å². The molecule has 1 aromatic rings. The molecule has 2 rings (SSSR count). The van der Waals surface area contributed by atoms with Crippen LogP contribution in [-0.2, 0) is 0 Å². The molecule has 100 valence electrons. The fraction of sp³-hybridized carbons (Fsp3) is 0.667. The van der Waals surface area contributed by atoms with Crippen molar-refractivity contribution in [3.05, 3.63) is 23.4 Å². The molecule has 1 saturated heterocycles. The second-order valence-electron chi connectivity index (χ2n) is 5.78. The molecule has 3 heteroatoms. The molecule has 1 aliphatic heterocycles. The van der Waals surface area contributed by atoms with Crippen molar-refractivity contribution in [3.63, 3.8) is 0 Å². The van der Waals surface area contributed by atoms with E-state index in [2.05, 4.69) is 47.8 Å². The molecule has 0 spiro atoms. The zero-order valence-electron chi connectivity index (χ0n) is 12.3. The zero-order chi connectivity index (χ0) is 13.3. The van der Waals surface area contributed by atoms with Gasteiger partial charge in [0.25, 0.3) is 0 Å². The van der Waals surface area contributed by atoms with Crippen LogP contribution in [0.5, 0.6) is 0 Å². The van der Waals surface area contributed by atoms with E-state index in [1.165, 1.54) is 30.5 Å². The van der Waals surface area contributed by atoms with Crippen LogP contribution in [0.15, 0.2) is 12.3 Å². The predicted molar refractivity (Wildman–Crippen MR) is 77.1 cm³/mol. The SMILES string of the molecule is Cc1cc(N(C)C)ncc1[C@H]1CCCN1C(C)C. The first kappa shape index (κ1) is 13.3. The van der Waals surface area contributed by atoms with E-state index in [1.54, 1.807) is 0 Å². The second-order valence-corrected chi connectivity index (χ2v) is 5.78. The van der Waals surface area contributed by atoms with E-state index in [1.807, 2.05) is 14.1 Å². The van der Waals surface area contributed by atoms with Crippen LogP contribution in [0.3, 0.4) is 0 Å². The first-order chi connectivity index (χ1) is 8.50. The highest BCUT2D eigenvalue weighted by Gasteiger charge is 2.29. The molecular formula is C15H25N3. The summed E-state index contributed by atoms with van der Waals surface area (Å²) >= 11 is 0. The van der Waals surface area contributed by atoms with E-state index >= 15 is 0 Å². The van der Waals surface area contributed by atoms with Crippen molar-refractivity contribution < 1.29 is 0 Å². The fourth-order valence-electron chi connectivity index (χ4n) is 2.89. The monoisotopic (exact) mass is 247 g/mol. The van der Waals surface area contributed by atoms with Crippen LogP contribution < -0.4 is 4.90 Å². The van der Waals surface area contributed by atoms with Crippen LogP contribution in [0, 0.1) is 6.92 Å². The van der Waals surface area contributed by atoms with Crippen LogP contribution in [-0.4, -0.2) is 36.6 Å². The molecule has 0 amide bonds. The predicted octanol–water partition coefficient (Wildman–Crippen LogP) is 3.00. The number of aromatic nitrogens is 1. The fourth-order valence-corrected chi connectivity index (χ4v) is 2.89. The summed E-state index contributed by atoms with van der Waals surface area (Å²) in [6, 6.07) is 3.38. The van der Waals surface area contributed by atoms with Crippen LogP contribution >= 0.6 is 0 Å². The van der Waals surface area contributed by atoms with Gasteiger partial charge in [-0.1, -0.05) is 0 Å². The lowest BCUT2D eigenvalue weighted by Gasteiger charge is -2.29. The Kier molecular flexibility index (Phi) is 3.91. The number of anilines is 1. The lowest BCUT2D eigenvalue weighted by atomic mass is 10.0. The minimum atomic E-state index is 0.564. The zero-order valence-corrected chi connectivity index (χ0v) is 12.3. The Morgan fingerprint density at radius 1 is 1.39 bits per heavy atom. The van der Waals surface area contributed by atoms with Crippen molar-refractivity contribution in [2.75, 3.05) is 25.5 Å². The minimum absolute atomic E-state index is 0.564. The minimum Gasteiger partial charge on any atom is -0.363 e. The topological polar surface area (TPSA) is 19.4 Å². The van der Waals surface area contributed by atoms with Gasteiger partial charge in [-0.05, 0) is 57.4 Å². The number of hydrogen-bond donors (Lipinski definition) is 0. The van der Waals surface area contributed by atoms with Gasteiger partial charge in [-0.15, -0.1) is 0 Å². The maximum atomic E-state index is 4.58. The third kappa shape index (κ3) is 2.51. The lowest BCUT2D eigenvalue weighted by Crippen LogP contribution is -2.30. The second kappa shape index (κ2) is 5.27. The van der Waals surface area contributed by atoms with Gasteiger partial charge in [0, 0.05) is 32.4 Å². The van der Waals surface area contributed by atoms with Gasteiger partial charge in [-0.2, -0.15) is 0 Å². The molecule has 0 unspecified atom stereocenters. The molecule has 18 heavy (non-hydrogen) atoms. The molecule has 0 saturated carbocycles. The van der Waals surface area contributed by atoms with Crippen LogP contribution in [0.1, 0.15) is 43.9 Å². The summed E-state index contributed by atoms with van der Waals surface area (Å²) in [5.41, 5.74) is 2.78. The van der Waals surface area contributed by atoms with E-state index in [0.717, 1.165) is 5.82 Å². The maximum Gasteiger partial charge on any atom is 0.128 e. The number of pyridine rings is 1. The summed E-state index contributed by atoms with van der Waals surface area (Å²) in [7, 11) is 4.08. The largest absolute Gasteiger partial charge is 0.363 e. The van der Waals surface area contributed by atoms with Gasteiger partial charge >= 0.3 is 0 Å². The molecule has 1 fully saturated rings. The molecule has 0 radical (unpaired) electrons. The molecule has 0 bridgehead atoms. The molecule has 1 aliphatic rings. The molecule has 2 heterocycles. The van der Waals surface area contributed by atoms with Crippen molar-refractivity contribution in [3.8, 4) is 0 Å². The van der Waals surface area contributed by atoms with Gasteiger partial charge in [0.05, 0.1) is 0 Å². The molecular weight excluding hydrogens is 222 g/mol. The Morgan fingerprint density at radius 3 is 2.67 bits per heavy atom. The number of rotatable bonds is 3. The van der Waals surface area contributed by atoms with Gasteiger partial charge in [-0.3, -0.25) is 4.90 Å². The standard InChI is InChI=1S/C15H25N3/c1-11(2)18-8-6-7-14(18)13-10-16-15(17(4)5)9-12(13)3/h9-11,14H,6-8H2,1-5H3/t14-/m1/s1. The van der Waals surface area contributed by atoms with Crippen molar-refractivity contribution in [1.82, 2.24) is 9.88 Å². The summed E-state index contributed by atoms with van der Waals surface area (Å²) in [6.07, 6.45) is 4.65. The van der Waals surface area contributed by atoms with E-state index in [9.17, 15) is 0 Å². The molecule has 1 aromatic heterocycles. The Balaban J connectivity index is 2.28. The summed E-state index contributed by atoms with van der Waals surface area (Å²) in [5, 5.41) is 0. The van der Waals surface area contributed by atoms with Gasteiger partial charge in [-0.25, -0.2) is 4.98 Å². The van der Waals surface area contributed by atoms with E-state index < -0.39 is 0 Å². The first-order valence-electron chi connectivity index (χ1n) is 6.90. The highest BCUT2D eigenvalue weighted by molar-refractivity contribution is 5.43. The molecule has 1 atom stereocenters. The Morgan fingerprint density at radius 2 is 2.11 bits per heavy atom. The summed E-state index contributed by atoms with van der Waals surface area (Å²) in [4.78, 5) is 9.23. The van der Waals surface area contributed by atoms with Crippen molar-refractivity contribution >= 4 is 5.82 Å². The third-order valence-electron chi connectivity index (χ3n) is 3.91. The normalized spacial score (nSPS) is 20.7. The van der Waals surface area contributed by atoms with E-state index in [4.69, 9.17) is 0 Å². The summed E-state index contributed by atoms with van der Waals surface area (Å²) in [5.74, 6) is 1.05. The first-order valence-corrected chi connectivity index (χ1v) is 6.90. The summed E-state index contributed by atoms with van der Waals surface area (Å²) < 4.78 is 0. The van der Waals surface area contributed by atoms with Crippen molar-refractivity contribution in [2.24, 2.45) is 0 Å². The van der Waals surface area contributed by atoms with Gasteiger partial charge < -0.3 is 4.90 Å².